The Morgan fingerprint density at radius 1 is 1.50 bits per heavy atom. The molecule has 1 heterocycles. The van der Waals surface area contributed by atoms with Crippen molar-refractivity contribution in [2.45, 2.75) is 31.6 Å². The Labute approximate surface area is 72.0 Å². The summed E-state index contributed by atoms with van der Waals surface area (Å²) in [6.45, 7) is 2.88. The second-order valence-electron chi connectivity index (χ2n) is 3.30. The number of hydrogen-bond donors (Lipinski definition) is 2. The molecule has 1 aliphatic heterocycles. The minimum absolute atomic E-state index is 0.127. The van der Waals surface area contributed by atoms with E-state index in [2.05, 4.69) is 6.07 Å². The summed E-state index contributed by atoms with van der Waals surface area (Å²) in [4.78, 5) is 1.93. The predicted octanol–water partition coefficient (Wildman–Crippen LogP) is -0.674. The third kappa shape index (κ3) is 1.95. The van der Waals surface area contributed by atoms with E-state index in [1.165, 1.54) is 0 Å². The summed E-state index contributed by atoms with van der Waals surface area (Å²) in [5.74, 6) is 0. The molecule has 3 atom stereocenters. The van der Waals surface area contributed by atoms with Crippen molar-refractivity contribution in [3.63, 3.8) is 0 Å². The highest BCUT2D eigenvalue weighted by Crippen LogP contribution is 2.14. The van der Waals surface area contributed by atoms with Crippen molar-refractivity contribution in [2.24, 2.45) is 0 Å². The molecule has 0 spiro atoms. The molecule has 0 saturated carbocycles. The van der Waals surface area contributed by atoms with Crippen molar-refractivity contribution in [1.29, 1.82) is 5.26 Å². The number of aliphatic hydroxyl groups is 2. The molecule has 1 rings (SSSR count). The SMILES string of the molecule is CC(CC#N)N1C[C@@H](O)[C@@H](O)C1. The number of nitrogens with zero attached hydrogens (tertiary/aromatic N) is 2. The van der Waals surface area contributed by atoms with Crippen LogP contribution in [0.2, 0.25) is 0 Å². The standard InChI is InChI=1S/C8H14N2O2/c1-6(2-3-9)10-4-7(11)8(12)5-10/h6-8,11-12H,2,4-5H2,1H3/t6?,7-,8+. The lowest BCUT2D eigenvalue weighted by Gasteiger charge is -2.20. The van der Waals surface area contributed by atoms with E-state index < -0.39 is 12.2 Å². The van der Waals surface area contributed by atoms with Gasteiger partial charge in [0.25, 0.3) is 0 Å². The van der Waals surface area contributed by atoms with Gasteiger partial charge in [-0.25, -0.2) is 0 Å². The second-order valence-corrected chi connectivity index (χ2v) is 3.30. The fourth-order valence-corrected chi connectivity index (χ4v) is 1.42. The van der Waals surface area contributed by atoms with Gasteiger partial charge < -0.3 is 10.2 Å². The van der Waals surface area contributed by atoms with Crippen molar-refractivity contribution >= 4 is 0 Å². The van der Waals surface area contributed by atoms with Gasteiger partial charge in [-0.2, -0.15) is 5.26 Å². The van der Waals surface area contributed by atoms with E-state index in [1.807, 2.05) is 11.8 Å². The van der Waals surface area contributed by atoms with Crippen molar-refractivity contribution in [1.82, 2.24) is 4.90 Å². The van der Waals surface area contributed by atoms with Crippen LogP contribution in [-0.4, -0.2) is 46.5 Å². The van der Waals surface area contributed by atoms with Crippen LogP contribution in [0.4, 0.5) is 0 Å². The molecule has 12 heavy (non-hydrogen) atoms. The van der Waals surface area contributed by atoms with E-state index in [0.29, 0.717) is 19.5 Å². The van der Waals surface area contributed by atoms with Crippen LogP contribution >= 0.6 is 0 Å². The number of hydrogen-bond acceptors (Lipinski definition) is 4. The van der Waals surface area contributed by atoms with E-state index in [-0.39, 0.29) is 6.04 Å². The Morgan fingerprint density at radius 2 is 2.00 bits per heavy atom. The van der Waals surface area contributed by atoms with Crippen LogP contribution < -0.4 is 0 Å². The zero-order chi connectivity index (χ0) is 9.14. The first-order valence-electron chi connectivity index (χ1n) is 4.12. The Hall–Kier alpha value is -0.630. The Balaban J connectivity index is 2.41. The molecule has 1 saturated heterocycles. The largest absolute Gasteiger partial charge is 0.389 e. The normalized spacial score (nSPS) is 33.2. The van der Waals surface area contributed by atoms with Gasteiger partial charge in [-0.15, -0.1) is 0 Å². The van der Waals surface area contributed by atoms with E-state index in [1.54, 1.807) is 0 Å². The molecule has 4 heteroatoms. The number of β-amino-alcohol motifs (C(OH)–C–C–N with tert-alkyl or cyclic N) is 2. The summed E-state index contributed by atoms with van der Waals surface area (Å²) < 4.78 is 0. The van der Waals surface area contributed by atoms with Crippen LogP contribution in [0.15, 0.2) is 0 Å². The molecule has 0 radical (unpaired) electrons. The van der Waals surface area contributed by atoms with Gasteiger partial charge in [-0.3, -0.25) is 4.90 Å². The molecule has 2 N–H and O–H groups in total. The van der Waals surface area contributed by atoms with Crippen LogP contribution in [0.1, 0.15) is 13.3 Å². The lowest BCUT2D eigenvalue weighted by Crippen LogP contribution is -2.31. The number of nitriles is 1. The first-order chi connectivity index (χ1) is 5.65. The second kappa shape index (κ2) is 3.85. The van der Waals surface area contributed by atoms with Gasteiger partial charge in [0, 0.05) is 19.1 Å². The molecule has 0 aromatic heterocycles. The predicted molar refractivity (Wildman–Crippen MR) is 43.3 cm³/mol. The molecule has 1 unspecified atom stereocenters. The highest BCUT2D eigenvalue weighted by Gasteiger charge is 2.31. The first kappa shape index (κ1) is 9.46. The van der Waals surface area contributed by atoms with Crippen molar-refractivity contribution in [2.75, 3.05) is 13.1 Å². The van der Waals surface area contributed by atoms with Crippen LogP contribution in [0.25, 0.3) is 0 Å². The monoisotopic (exact) mass is 170 g/mol. The quantitative estimate of drug-likeness (QED) is 0.576. The Kier molecular flexibility index (Phi) is 3.04. The Bertz CT molecular complexity index is 180. The molecule has 0 aromatic carbocycles. The van der Waals surface area contributed by atoms with E-state index in [4.69, 9.17) is 5.26 Å². The molecule has 0 aliphatic carbocycles. The van der Waals surface area contributed by atoms with Gasteiger partial charge in [-0.1, -0.05) is 0 Å². The molecular formula is C8H14N2O2. The summed E-state index contributed by atoms with van der Waals surface area (Å²) in [6.07, 6.45) is -0.850. The maximum absolute atomic E-state index is 9.21. The third-order valence-corrected chi connectivity index (χ3v) is 2.30. The number of likely N-dealkylation sites (tertiary alicyclic amines) is 1. The van der Waals surface area contributed by atoms with Crippen LogP contribution in [-0.2, 0) is 0 Å². The van der Waals surface area contributed by atoms with Gasteiger partial charge in [0.1, 0.15) is 0 Å². The topological polar surface area (TPSA) is 67.5 Å². The summed E-state index contributed by atoms with van der Waals surface area (Å²) >= 11 is 0. The van der Waals surface area contributed by atoms with Crippen LogP contribution in [0, 0.1) is 11.3 Å². The zero-order valence-corrected chi connectivity index (χ0v) is 7.14. The summed E-state index contributed by atoms with van der Waals surface area (Å²) in [6, 6.07) is 2.20. The highest BCUT2D eigenvalue weighted by atomic mass is 16.3. The highest BCUT2D eigenvalue weighted by molar-refractivity contribution is 4.89. The van der Waals surface area contributed by atoms with Crippen molar-refractivity contribution in [3.05, 3.63) is 0 Å². The maximum atomic E-state index is 9.21. The molecule has 68 valence electrons. The molecule has 1 fully saturated rings. The fourth-order valence-electron chi connectivity index (χ4n) is 1.42. The van der Waals surface area contributed by atoms with Crippen molar-refractivity contribution in [3.8, 4) is 6.07 Å². The summed E-state index contributed by atoms with van der Waals surface area (Å²) in [5.41, 5.74) is 0. The maximum Gasteiger partial charge on any atom is 0.0938 e. The molecule has 1 aliphatic rings. The minimum atomic E-state index is -0.647. The van der Waals surface area contributed by atoms with Crippen LogP contribution in [0.5, 0.6) is 0 Å². The van der Waals surface area contributed by atoms with Gasteiger partial charge in [0.05, 0.1) is 24.7 Å². The molecule has 0 bridgehead atoms. The average molecular weight is 170 g/mol. The summed E-state index contributed by atoms with van der Waals surface area (Å²) in [5, 5.41) is 26.8. The molecule has 4 nitrogen and oxygen atoms in total. The van der Waals surface area contributed by atoms with Gasteiger partial charge in [0.2, 0.25) is 0 Å². The Morgan fingerprint density at radius 3 is 2.42 bits per heavy atom. The number of aliphatic hydroxyl groups excluding tert-OH is 2. The van der Waals surface area contributed by atoms with Gasteiger partial charge in [-0.05, 0) is 6.92 Å². The average Bonchev–Trinajstić information content (AvgIpc) is 2.33. The lowest BCUT2D eigenvalue weighted by molar-refractivity contribution is 0.0572. The minimum Gasteiger partial charge on any atom is -0.389 e. The fraction of sp³-hybridized carbons (Fsp3) is 0.875. The zero-order valence-electron chi connectivity index (χ0n) is 7.14. The van der Waals surface area contributed by atoms with E-state index in [9.17, 15) is 10.2 Å². The lowest BCUT2D eigenvalue weighted by atomic mass is 10.2. The van der Waals surface area contributed by atoms with Gasteiger partial charge in [0.15, 0.2) is 0 Å². The summed E-state index contributed by atoms with van der Waals surface area (Å²) in [7, 11) is 0. The van der Waals surface area contributed by atoms with E-state index in [0.717, 1.165) is 0 Å². The third-order valence-electron chi connectivity index (χ3n) is 2.30. The first-order valence-corrected chi connectivity index (χ1v) is 4.12. The molecular weight excluding hydrogens is 156 g/mol. The van der Waals surface area contributed by atoms with Crippen LogP contribution in [0.3, 0.4) is 0 Å². The number of rotatable bonds is 2. The van der Waals surface area contributed by atoms with Crippen molar-refractivity contribution < 1.29 is 10.2 Å². The smallest absolute Gasteiger partial charge is 0.0938 e. The molecule has 0 amide bonds. The van der Waals surface area contributed by atoms with E-state index >= 15 is 0 Å². The van der Waals surface area contributed by atoms with Gasteiger partial charge >= 0.3 is 0 Å². The molecule has 0 aromatic rings.